The van der Waals surface area contributed by atoms with Crippen molar-refractivity contribution in [1.82, 2.24) is 15.2 Å². The molecule has 0 spiro atoms. The van der Waals surface area contributed by atoms with Crippen LogP contribution in [0.1, 0.15) is 23.1 Å². The minimum Gasteiger partial charge on any atom is -0.362 e. The highest BCUT2D eigenvalue weighted by Gasteiger charge is 2.14. The number of hydrogen-bond acceptors (Lipinski definition) is 2. The average Bonchev–Trinajstić information content (AvgIpc) is 2.72. The maximum absolute atomic E-state index is 12.8. The van der Waals surface area contributed by atoms with Gasteiger partial charge in [-0.05, 0) is 41.7 Å². The van der Waals surface area contributed by atoms with Crippen molar-refractivity contribution in [3.8, 4) is 0 Å². The zero-order valence-corrected chi connectivity index (χ0v) is 18.8. The van der Waals surface area contributed by atoms with Crippen molar-refractivity contribution in [2.24, 2.45) is 0 Å². The van der Waals surface area contributed by atoms with E-state index in [0.717, 1.165) is 41.5 Å². The summed E-state index contributed by atoms with van der Waals surface area (Å²) in [5.41, 5.74) is 3.78. The van der Waals surface area contributed by atoms with E-state index in [1.807, 2.05) is 49.4 Å². The molecule has 0 aliphatic rings. The summed E-state index contributed by atoms with van der Waals surface area (Å²) in [6.45, 7) is 5.02. The van der Waals surface area contributed by atoms with Crippen molar-refractivity contribution < 1.29 is 4.90 Å². The smallest absolute Gasteiger partial charge is 0.253 e. The first-order valence-electron chi connectivity index (χ1n) is 10.4. The van der Waals surface area contributed by atoms with Crippen LogP contribution in [0.2, 0.25) is 0 Å². The lowest BCUT2D eigenvalue weighted by Crippen LogP contribution is -3.05. The third kappa shape index (κ3) is 5.90. The van der Waals surface area contributed by atoms with Crippen LogP contribution in [-0.4, -0.2) is 42.2 Å². The SMILES string of the molecule is Cc1cccc2cc(CN(Cc3ccccc3)C(=S)NCCC[NH+](C)C)c(=O)[nH]c12. The maximum Gasteiger partial charge on any atom is 0.253 e. The van der Waals surface area contributed by atoms with Crippen molar-refractivity contribution in [2.45, 2.75) is 26.4 Å². The molecule has 0 saturated heterocycles. The quantitative estimate of drug-likeness (QED) is 0.384. The van der Waals surface area contributed by atoms with Crippen molar-refractivity contribution in [1.29, 1.82) is 0 Å². The summed E-state index contributed by atoms with van der Waals surface area (Å²) in [5.74, 6) is 0. The molecule has 6 heteroatoms. The summed E-state index contributed by atoms with van der Waals surface area (Å²) in [5, 5.41) is 5.09. The molecule has 0 unspecified atom stereocenters. The second kappa shape index (κ2) is 10.4. The first-order valence-corrected chi connectivity index (χ1v) is 10.8. The molecule has 0 amide bonds. The number of thiocarbonyl (C=S) groups is 1. The van der Waals surface area contributed by atoms with E-state index in [0.29, 0.717) is 23.8 Å². The minimum absolute atomic E-state index is 0.0612. The number of H-pyrrole nitrogens is 1. The predicted octanol–water partition coefficient (Wildman–Crippen LogP) is 2.25. The standard InChI is InChI=1S/C24H30N4OS/c1-18-9-7-12-20-15-21(23(29)26-22(18)20)17-28(16-19-10-5-4-6-11-19)24(30)25-13-8-14-27(2)3/h4-7,9-12,15H,8,13-14,16-17H2,1-3H3,(H,25,30)(H,26,29)/p+1. The highest BCUT2D eigenvalue weighted by molar-refractivity contribution is 7.80. The number of rotatable bonds is 8. The molecule has 158 valence electrons. The number of aromatic nitrogens is 1. The molecule has 3 N–H and O–H groups in total. The highest BCUT2D eigenvalue weighted by atomic mass is 32.1. The predicted molar refractivity (Wildman–Crippen MR) is 128 cm³/mol. The number of aromatic amines is 1. The Balaban J connectivity index is 1.81. The fourth-order valence-electron chi connectivity index (χ4n) is 3.50. The van der Waals surface area contributed by atoms with Crippen LogP contribution in [0, 0.1) is 6.92 Å². The number of pyridine rings is 1. The zero-order valence-electron chi connectivity index (χ0n) is 18.0. The van der Waals surface area contributed by atoms with Crippen molar-refractivity contribution >= 4 is 28.2 Å². The van der Waals surface area contributed by atoms with Crippen LogP contribution >= 0.6 is 12.2 Å². The Morgan fingerprint density at radius 1 is 1.10 bits per heavy atom. The summed E-state index contributed by atoms with van der Waals surface area (Å²) in [7, 11) is 4.29. The van der Waals surface area contributed by atoms with Crippen molar-refractivity contribution in [3.63, 3.8) is 0 Å². The van der Waals surface area contributed by atoms with Crippen LogP contribution < -0.4 is 15.8 Å². The van der Waals surface area contributed by atoms with Gasteiger partial charge in [0, 0.05) is 25.1 Å². The van der Waals surface area contributed by atoms with Gasteiger partial charge >= 0.3 is 0 Å². The Kier molecular flexibility index (Phi) is 7.60. The Morgan fingerprint density at radius 2 is 1.87 bits per heavy atom. The number of hydrogen-bond donors (Lipinski definition) is 3. The molecule has 1 heterocycles. The van der Waals surface area contributed by atoms with Gasteiger partial charge in [-0.2, -0.15) is 0 Å². The number of quaternary nitrogens is 1. The van der Waals surface area contributed by atoms with Gasteiger partial charge in [-0.25, -0.2) is 0 Å². The molecule has 0 saturated carbocycles. The second-order valence-corrected chi connectivity index (χ2v) is 8.43. The molecule has 0 atom stereocenters. The fourth-order valence-corrected chi connectivity index (χ4v) is 3.74. The summed E-state index contributed by atoms with van der Waals surface area (Å²) >= 11 is 5.71. The van der Waals surface area contributed by atoms with Crippen LogP contribution in [0.5, 0.6) is 0 Å². The normalized spacial score (nSPS) is 11.1. The first-order chi connectivity index (χ1) is 14.4. The average molecular weight is 424 g/mol. The molecule has 3 rings (SSSR count). The van der Waals surface area contributed by atoms with Gasteiger partial charge in [0.2, 0.25) is 0 Å². The molecule has 3 aromatic rings. The summed E-state index contributed by atoms with van der Waals surface area (Å²) < 4.78 is 0. The number of benzene rings is 2. The molecular formula is C24H31N4OS+. The Bertz CT molecular complexity index is 1050. The number of nitrogens with zero attached hydrogens (tertiary/aromatic N) is 1. The van der Waals surface area contributed by atoms with Gasteiger partial charge in [0.05, 0.1) is 32.7 Å². The maximum atomic E-state index is 12.8. The summed E-state index contributed by atoms with van der Waals surface area (Å²) in [6.07, 6.45) is 1.04. The van der Waals surface area contributed by atoms with Crippen molar-refractivity contribution in [3.05, 3.63) is 81.6 Å². The molecule has 2 aromatic carbocycles. The second-order valence-electron chi connectivity index (χ2n) is 8.05. The third-order valence-electron chi connectivity index (χ3n) is 5.16. The van der Waals surface area contributed by atoms with E-state index < -0.39 is 0 Å². The Labute approximate surface area is 183 Å². The van der Waals surface area contributed by atoms with Gasteiger partial charge in [-0.3, -0.25) is 4.79 Å². The fraction of sp³-hybridized carbons (Fsp3) is 0.333. The lowest BCUT2D eigenvalue weighted by molar-refractivity contribution is -0.858. The number of para-hydroxylation sites is 1. The molecular weight excluding hydrogens is 392 g/mol. The molecule has 5 nitrogen and oxygen atoms in total. The Hall–Kier alpha value is -2.70. The Morgan fingerprint density at radius 3 is 2.60 bits per heavy atom. The van der Waals surface area contributed by atoms with E-state index in [2.05, 4.69) is 41.4 Å². The van der Waals surface area contributed by atoms with E-state index >= 15 is 0 Å². The van der Waals surface area contributed by atoms with Crippen LogP contribution in [0.4, 0.5) is 0 Å². The van der Waals surface area contributed by atoms with E-state index in [1.54, 1.807) is 0 Å². The van der Waals surface area contributed by atoms with Gasteiger partial charge in [0.1, 0.15) is 0 Å². The van der Waals surface area contributed by atoms with Crippen LogP contribution in [0.15, 0.2) is 59.4 Å². The molecule has 0 radical (unpaired) electrons. The molecule has 0 aliphatic carbocycles. The van der Waals surface area contributed by atoms with Gasteiger partial charge in [-0.1, -0.05) is 48.5 Å². The molecule has 30 heavy (non-hydrogen) atoms. The first kappa shape index (κ1) is 22.0. The van der Waals surface area contributed by atoms with Gasteiger partial charge in [0.25, 0.3) is 5.56 Å². The van der Waals surface area contributed by atoms with Crippen molar-refractivity contribution in [2.75, 3.05) is 27.2 Å². The number of fused-ring (bicyclic) bond motifs is 1. The summed E-state index contributed by atoms with van der Waals surface area (Å²) in [6, 6.07) is 18.3. The topological polar surface area (TPSA) is 52.6 Å². The molecule has 0 bridgehead atoms. The van der Waals surface area contributed by atoms with Crippen LogP contribution in [0.3, 0.4) is 0 Å². The number of aryl methyl sites for hydroxylation is 1. The lowest BCUT2D eigenvalue weighted by atomic mass is 10.1. The minimum atomic E-state index is -0.0612. The van der Waals surface area contributed by atoms with Gasteiger partial charge < -0.3 is 20.1 Å². The summed E-state index contributed by atoms with van der Waals surface area (Å²) in [4.78, 5) is 19.3. The molecule has 0 fully saturated rings. The number of nitrogens with one attached hydrogen (secondary N) is 3. The largest absolute Gasteiger partial charge is 0.362 e. The van der Waals surface area contributed by atoms with E-state index in [9.17, 15) is 4.79 Å². The van der Waals surface area contributed by atoms with Gasteiger partial charge in [0.15, 0.2) is 5.11 Å². The van der Waals surface area contributed by atoms with E-state index in [1.165, 1.54) is 4.90 Å². The van der Waals surface area contributed by atoms with E-state index in [-0.39, 0.29) is 5.56 Å². The zero-order chi connectivity index (χ0) is 21.5. The molecule has 0 aliphatic heterocycles. The van der Waals surface area contributed by atoms with Crippen LogP contribution in [-0.2, 0) is 13.1 Å². The van der Waals surface area contributed by atoms with Crippen LogP contribution in [0.25, 0.3) is 10.9 Å². The molecule has 1 aromatic heterocycles. The van der Waals surface area contributed by atoms with Gasteiger partial charge in [-0.15, -0.1) is 0 Å². The lowest BCUT2D eigenvalue weighted by Gasteiger charge is -2.26. The monoisotopic (exact) mass is 423 g/mol. The highest BCUT2D eigenvalue weighted by Crippen LogP contribution is 2.16. The van der Waals surface area contributed by atoms with E-state index in [4.69, 9.17) is 12.2 Å². The third-order valence-corrected chi connectivity index (χ3v) is 5.56.